The van der Waals surface area contributed by atoms with Crippen molar-refractivity contribution in [3.8, 4) is 0 Å². The smallest absolute Gasteiger partial charge is 0.306 e. The molecule has 0 aromatic carbocycles. The molecule has 0 amide bonds. The molecule has 0 aliphatic carbocycles. The van der Waals surface area contributed by atoms with Crippen molar-refractivity contribution in [2.45, 2.75) is 290 Å². The summed E-state index contributed by atoms with van der Waals surface area (Å²) in [5.41, 5.74) is 0. The molecule has 0 spiro atoms. The summed E-state index contributed by atoms with van der Waals surface area (Å²) in [5, 5.41) is 0. The van der Waals surface area contributed by atoms with Crippen LogP contribution in [0.4, 0.5) is 0 Å². The Balaban J connectivity index is 4.13. The molecule has 422 valence electrons. The first-order chi connectivity index (χ1) is 36.5. The molecule has 0 saturated carbocycles. The van der Waals surface area contributed by atoms with Crippen molar-refractivity contribution in [1.29, 1.82) is 0 Å². The number of carbonyl (C=O) groups excluding carboxylic acids is 3. The van der Waals surface area contributed by atoms with Crippen LogP contribution in [-0.2, 0) is 28.6 Å². The minimum Gasteiger partial charge on any atom is -0.462 e. The van der Waals surface area contributed by atoms with Crippen molar-refractivity contribution in [2.24, 2.45) is 0 Å². The summed E-state index contributed by atoms with van der Waals surface area (Å²) in [4.78, 5) is 38.0. The second kappa shape index (κ2) is 61.6. The van der Waals surface area contributed by atoms with E-state index in [0.717, 1.165) is 122 Å². The minimum atomic E-state index is -0.778. The average molecular weight is 1030 g/mol. The van der Waals surface area contributed by atoms with Gasteiger partial charge in [-0.25, -0.2) is 0 Å². The van der Waals surface area contributed by atoms with E-state index in [1.807, 2.05) is 0 Å². The van der Waals surface area contributed by atoms with Crippen LogP contribution in [0.3, 0.4) is 0 Å². The molecule has 0 fully saturated rings. The molecular formula is C68H114O6. The summed E-state index contributed by atoms with van der Waals surface area (Å²) >= 11 is 0. The molecule has 0 heterocycles. The first kappa shape index (κ1) is 70.1. The van der Waals surface area contributed by atoms with Crippen molar-refractivity contribution in [3.05, 3.63) is 109 Å². The van der Waals surface area contributed by atoms with Gasteiger partial charge >= 0.3 is 17.9 Å². The number of hydrogen-bond donors (Lipinski definition) is 0. The van der Waals surface area contributed by atoms with E-state index >= 15 is 0 Å². The highest BCUT2D eigenvalue weighted by Crippen LogP contribution is 2.16. The molecule has 0 radical (unpaired) electrons. The Kier molecular flexibility index (Phi) is 58.3. The van der Waals surface area contributed by atoms with E-state index in [-0.39, 0.29) is 31.1 Å². The van der Waals surface area contributed by atoms with Crippen molar-refractivity contribution < 1.29 is 28.6 Å². The lowest BCUT2D eigenvalue weighted by molar-refractivity contribution is -0.167. The summed E-state index contributed by atoms with van der Waals surface area (Å²) < 4.78 is 16.8. The zero-order valence-electron chi connectivity index (χ0n) is 48.3. The molecule has 6 heteroatoms. The zero-order valence-corrected chi connectivity index (χ0v) is 48.3. The van der Waals surface area contributed by atoms with Gasteiger partial charge in [-0.15, -0.1) is 0 Å². The van der Waals surface area contributed by atoms with Gasteiger partial charge in [0.2, 0.25) is 0 Å². The highest BCUT2D eigenvalue weighted by molar-refractivity contribution is 5.71. The van der Waals surface area contributed by atoms with Gasteiger partial charge in [-0.05, 0) is 89.9 Å². The summed E-state index contributed by atoms with van der Waals surface area (Å²) in [5.74, 6) is -0.889. The van der Waals surface area contributed by atoms with Gasteiger partial charge in [-0.3, -0.25) is 14.4 Å². The lowest BCUT2D eigenvalue weighted by atomic mass is 10.0. The van der Waals surface area contributed by atoms with Gasteiger partial charge in [0.1, 0.15) is 13.2 Å². The van der Waals surface area contributed by atoms with Crippen LogP contribution in [0.1, 0.15) is 284 Å². The molecule has 0 aliphatic rings. The number of esters is 3. The third-order valence-corrected chi connectivity index (χ3v) is 13.0. The van der Waals surface area contributed by atoms with Gasteiger partial charge in [0, 0.05) is 19.3 Å². The fourth-order valence-electron chi connectivity index (χ4n) is 8.44. The van der Waals surface area contributed by atoms with Crippen molar-refractivity contribution in [1.82, 2.24) is 0 Å². The third-order valence-electron chi connectivity index (χ3n) is 13.0. The number of hydrogen-bond acceptors (Lipinski definition) is 6. The molecule has 0 saturated heterocycles. The molecule has 0 aromatic rings. The molecule has 74 heavy (non-hydrogen) atoms. The molecule has 0 rings (SSSR count). The number of rotatable bonds is 55. The van der Waals surface area contributed by atoms with Gasteiger partial charge in [-0.2, -0.15) is 0 Å². The number of unbranched alkanes of at least 4 members (excludes halogenated alkanes) is 26. The predicted octanol–water partition coefficient (Wildman–Crippen LogP) is 21.0. The van der Waals surface area contributed by atoms with Crippen molar-refractivity contribution >= 4 is 17.9 Å². The maximum absolute atomic E-state index is 12.8. The van der Waals surface area contributed by atoms with Crippen LogP contribution in [0.2, 0.25) is 0 Å². The molecule has 0 aliphatic heterocycles. The first-order valence-corrected chi connectivity index (χ1v) is 30.9. The van der Waals surface area contributed by atoms with Crippen LogP contribution in [0, 0.1) is 0 Å². The van der Waals surface area contributed by atoms with Crippen LogP contribution in [0.25, 0.3) is 0 Å². The van der Waals surface area contributed by atoms with E-state index in [9.17, 15) is 14.4 Å². The summed E-state index contributed by atoms with van der Waals surface area (Å²) in [6, 6.07) is 0. The topological polar surface area (TPSA) is 78.9 Å². The molecule has 1 atom stereocenters. The SMILES string of the molecule is CC/C=C\C/C=C\C/C=C\C/C=C\C/C=C\C/C=C\C/C=C\C/C=C\C/C=C\CCCCCCCCCC(=O)OCC(COC(=O)CCCCCCCCCC)OC(=O)CCCCCCCCCCCCCCC. The van der Waals surface area contributed by atoms with Gasteiger partial charge < -0.3 is 14.2 Å². The van der Waals surface area contributed by atoms with Crippen LogP contribution < -0.4 is 0 Å². The monoisotopic (exact) mass is 1030 g/mol. The average Bonchev–Trinajstić information content (AvgIpc) is 3.40. The first-order valence-electron chi connectivity index (χ1n) is 30.9. The normalized spacial score (nSPS) is 12.9. The molecule has 1 unspecified atom stereocenters. The van der Waals surface area contributed by atoms with Gasteiger partial charge in [0.05, 0.1) is 0 Å². The van der Waals surface area contributed by atoms with Crippen molar-refractivity contribution in [2.75, 3.05) is 13.2 Å². The van der Waals surface area contributed by atoms with Crippen LogP contribution in [-0.4, -0.2) is 37.2 Å². The van der Waals surface area contributed by atoms with Crippen LogP contribution in [0.15, 0.2) is 109 Å². The Bertz CT molecular complexity index is 1510. The largest absolute Gasteiger partial charge is 0.462 e. The minimum absolute atomic E-state index is 0.0779. The van der Waals surface area contributed by atoms with E-state index in [4.69, 9.17) is 14.2 Å². The molecule has 0 aromatic heterocycles. The third kappa shape index (κ3) is 59.0. The summed E-state index contributed by atoms with van der Waals surface area (Å²) in [7, 11) is 0. The molecule has 0 N–H and O–H groups in total. The fraction of sp³-hybridized carbons (Fsp3) is 0.691. The predicted molar refractivity (Wildman–Crippen MR) is 320 cm³/mol. The van der Waals surface area contributed by atoms with Crippen molar-refractivity contribution in [3.63, 3.8) is 0 Å². The second-order valence-electron chi connectivity index (χ2n) is 20.2. The standard InChI is InChI=1S/C68H114O6/c1-4-7-10-13-16-19-21-23-24-25-26-27-28-29-30-31-32-33-34-35-36-37-38-39-40-41-42-43-44-46-47-49-52-55-58-61-67(70)73-64-65(63-72-66(69)60-57-54-51-18-15-12-9-6-3)74-68(71)62-59-56-53-50-48-45-22-20-17-14-11-8-5-2/h7,10,16,19,23-24,26-27,29-30,32-33,35-36,38-39,41-42,65H,4-6,8-9,11-15,17-18,20-22,25,28,31,34,37,40,43-64H2,1-3H3/b10-7-,19-16-,24-23-,27-26-,30-29-,33-32-,36-35-,39-38-,42-41-. The van der Waals surface area contributed by atoms with E-state index in [0.29, 0.717) is 19.3 Å². The Labute approximate surface area is 457 Å². The lowest BCUT2D eigenvalue weighted by Crippen LogP contribution is -2.30. The Morgan fingerprint density at radius 3 is 0.824 bits per heavy atom. The molecule has 0 bridgehead atoms. The molecular weight excluding hydrogens is 913 g/mol. The highest BCUT2D eigenvalue weighted by atomic mass is 16.6. The zero-order chi connectivity index (χ0) is 53.6. The number of carbonyl (C=O) groups is 3. The van der Waals surface area contributed by atoms with Crippen LogP contribution in [0.5, 0.6) is 0 Å². The number of ether oxygens (including phenoxy) is 3. The highest BCUT2D eigenvalue weighted by Gasteiger charge is 2.19. The van der Waals surface area contributed by atoms with E-state index in [2.05, 4.69) is 130 Å². The quantitative estimate of drug-likeness (QED) is 0.0261. The fourth-order valence-corrected chi connectivity index (χ4v) is 8.44. The van der Waals surface area contributed by atoms with Gasteiger partial charge in [0.15, 0.2) is 6.10 Å². The molecule has 6 nitrogen and oxygen atoms in total. The Morgan fingerprint density at radius 2 is 0.527 bits per heavy atom. The summed E-state index contributed by atoms with van der Waals surface area (Å²) in [6.45, 7) is 6.49. The van der Waals surface area contributed by atoms with Gasteiger partial charge in [-0.1, -0.05) is 284 Å². The maximum atomic E-state index is 12.8. The van der Waals surface area contributed by atoms with E-state index in [1.54, 1.807) is 0 Å². The van der Waals surface area contributed by atoms with Gasteiger partial charge in [0.25, 0.3) is 0 Å². The maximum Gasteiger partial charge on any atom is 0.306 e. The Hall–Kier alpha value is -3.93. The lowest BCUT2D eigenvalue weighted by Gasteiger charge is -2.18. The number of allylic oxidation sites excluding steroid dienone is 18. The van der Waals surface area contributed by atoms with E-state index in [1.165, 1.54) is 122 Å². The Morgan fingerprint density at radius 1 is 0.284 bits per heavy atom. The van der Waals surface area contributed by atoms with Crippen LogP contribution >= 0.6 is 0 Å². The summed E-state index contributed by atoms with van der Waals surface area (Å²) in [6.07, 6.45) is 83.9. The second-order valence-corrected chi connectivity index (χ2v) is 20.2. The van der Waals surface area contributed by atoms with E-state index < -0.39 is 6.10 Å².